The molecule has 0 unspecified atom stereocenters. The van der Waals surface area contributed by atoms with Crippen LogP contribution in [0.15, 0.2) is 60.0 Å². The number of methoxy groups -OCH3 is 1. The fourth-order valence-corrected chi connectivity index (χ4v) is 3.10. The van der Waals surface area contributed by atoms with Crippen molar-refractivity contribution in [3.05, 3.63) is 76.8 Å². The molecule has 1 heterocycles. The lowest BCUT2D eigenvalue weighted by molar-refractivity contribution is -0.115. The van der Waals surface area contributed by atoms with E-state index in [1.807, 2.05) is 54.6 Å². The number of rotatable bonds is 7. The van der Waals surface area contributed by atoms with Crippen molar-refractivity contribution in [2.45, 2.75) is 13.0 Å². The van der Waals surface area contributed by atoms with E-state index in [0.717, 1.165) is 16.9 Å². The molecule has 7 heteroatoms. The average molecular weight is 381 g/mol. The van der Waals surface area contributed by atoms with Crippen LogP contribution in [0.2, 0.25) is 0 Å². The van der Waals surface area contributed by atoms with E-state index >= 15 is 0 Å². The van der Waals surface area contributed by atoms with Crippen molar-refractivity contribution < 1.29 is 14.3 Å². The smallest absolute Gasteiger partial charge is 0.271 e. The minimum absolute atomic E-state index is 0.166. The number of nitrogens with one attached hydrogen (secondary N) is 2. The Kier molecular flexibility index (Phi) is 6.17. The number of carbonyl (C=O) groups is 2. The van der Waals surface area contributed by atoms with Crippen molar-refractivity contribution in [1.29, 1.82) is 0 Å². The summed E-state index contributed by atoms with van der Waals surface area (Å²) in [5.41, 5.74) is 2.16. The van der Waals surface area contributed by atoms with Gasteiger partial charge in [-0.1, -0.05) is 42.5 Å². The highest BCUT2D eigenvalue weighted by Crippen LogP contribution is 2.16. The van der Waals surface area contributed by atoms with E-state index in [4.69, 9.17) is 4.74 Å². The van der Waals surface area contributed by atoms with Gasteiger partial charge in [0.05, 0.1) is 13.5 Å². The Bertz CT molecular complexity index is 908. The molecule has 3 rings (SSSR count). The van der Waals surface area contributed by atoms with Gasteiger partial charge in [0.1, 0.15) is 11.4 Å². The Hall–Kier alpha value is -3.19. The molecular formula is C20H19N3O3S. The van der Waals surface area contributed by atoms with Crippen LogP contribution >= 0.6 is 11.3 Å². The van der Waals surface area contributed by atoms with E-state index in [9.17, 15) is 9.59 Å². The molecule has 2 N–H and O–H groups in total. The van der Waals surface area contributed by atoms with Gasteiger partial charge in [-0.15, -0.1) is 11.3 Å². The van der Waals surface area contributed by atoms with Crippen LogP contribution in [-0.4, -0.2) is 23.9 Å². The molecule has 6 nitrogen and oxygen atoms in total. The number of thiazole rings is 1. The Morgan fingerprint density at radius 1 is 1.04 bits per heavy atom. The maximum absolute atomic E-state index is 12.2. The highest BCUT2D eigenvalue weighted by atomic mass is 32.1. The molecule has 0 saturated carbocycles. The summed E-state index contributed by atoms with van der Waals surface area (Å²) < 4.78 is 5.11. The topological polar surface area (TPSA) is 80.3 Å². The number of nitrogens with zero attached hydrogens (tertiary/aromatic N) is 1. The van der Waals surface area contributed by atoms with E-state index < -0.39 is 0 Å². The van der Waals surface area contributed by atoms with Crippen molar-refractivity contribution in [3.63, 3.8) is 0 Å². The molecular weight excluding hydrogens is 362 g/mol. The lowest BCUT2D eigenvalue weighted by Crippen LogP contribution is -2.23. The second-order valence-corrected chi connectivity index (χ2v) is 6.64. The molecule has 0 atom stereocenters. The summed E-state index contributed by atoms with van der Waals surface area (Å²) in [6.45, 7) is 0.385. The molecule has 0 aliphatic heterocycles. The first kappa shape index (κ1) is 18.6. The number of hydrogen-bond donors (Lipinski definition) is 2. The number of benzene rings is 2. The predicted molar refractivity (Wildman–Crippen MR) is 105 cm³/mol. The van der Waals surface area contributed by atoms with E-state index in [2.05, 4.69) is 15.6 Å². The minimum Gasteiger partial charge on any atom is -0.497 e. The van der Waals surface area contributed by atoms with Gasteiger partial charge in [0.2, 0.25) is 5.91 Å². The maximum atomic E-state index is 12.2. The average Bonchev–Trinajstić information content (AvgIpc) is 3.15. The van der Waals surface area contributed by atoms with E-state index in [1.165, 1.54) is 11.3 Å². The minimum atomic E-state index is -0.286. The van der Waals surface area contributed by atoms with Crippen molar-refractivity contribution in [3.8, 4) is 5.75 Å². The molecule has 0 saturated heterocycles. The molecule has 0 spiro atoms. The van der Waals surface area contributed by atoms with Crippen molar-refractivity contribution >= 4 is 28.3 Å². The summed E-state index contributed by atoms with van der Waals surface area (Å²) in [5.74, 6) is 0.312. The fraction of sp³-hybridized carbons (Fsp3) is 0.150. The number of hydrogen-bond acceptors (Lipinski definition) is 5. The summed E-state index contributed by atoms with van der Waals surface area (Å²) in [4.78, 5) is 28.5. The number of anilines is 1. The van der Waals surface area contributed by atoms with Gasteiger partial charge in [0, 0.05) is 11.9 Å². The first-order chi connectivity index (χ1) is 13.1. The van der Waals surface area contributed by atoms with E-state index in [0.29, 0.717) is 11.7 Å². The predicted octanol–water partition coefficient (Wildman–Crippen LogP) is 3.26. The first-order valence-electron chi connectivity index (χ1n) is 8.34. The fourth-order valence-electron chi connectivity index (χ4n) is 2.40. The lowest BCUT2D eigenvalue weighted by atomic mass is 10.1. The standard InChI is InChI=1S/C20H19N3O3S/c1-26-16-9-7-15(8-10-16)12-21-19(25)17-13-27-20(22-17)23-18(24)11-14-5-3-2-4-6-14/h2-10,13H,11-12H2,1H3,(H,21,25)(H,22,23,24). The van der Waals surface area contributed by atoms with Crippen molar-refractivity contribution in [2.24, 2.45) is 0 Å². The van der Waals surface area contributed by atoms with E-state index in [1.54, 1.807) is 12.5 Å². The van der Waals surface area contributed by atoms with Gasteiger partial charge in [-0.05, 0) is 23.3 Å². The summed E-state index contributed by atoms with van der Waals surface area (Å²) in [5, 5.41) is 7.57. The molecule has 0 aliphatic rings. The Morgan fingerprint density at radius 2 is 1.78 bits per heavy atom. The van der Waals surface area contributed by atoms with Crippen LogP contribution in [0, 0.1) is 0 Å². The van der Waals surface area contributed by atoms with Crippen LogP contribution < -0.4 is 15.4 Å². The Morgan fingerprint density at radius 3 is 2.48 bits per heavy atom. The van der Waals surface area contributed by atoms with Crippen molar-refractivity contribution in [2.75, 3.05) is 12.4 Å². The zero-order valence-electron chi connectivity index (χ0n) is 14.8. The molecule has 0 radical (unpaired) electrons. The molecule has 1 aromatic heterocycles. The molecule has 2 amide bonds. The Balaban J connectivity index is 1.51. The summed E-state index contributed by atoms with van der Waals surface area (Å²) in [6, 6.07) is 16.9. The quantitative estimate of drug-likeness (QED) is 0.658. The molecule has 3 aromatic rings. The Labute approximate surface area is 161 Å². The molecule has 2 aromatic carbocycles. The summed E-state index contributed by atoms with van der Waals surface area (Å²) >= 11 is 1.22. The van der Waals surface area contributed by atoms with Crippen LogP contribution in [0.4, 0.5) is 5.13 Å². The molecule has 0 fully saturated rings. The van der Waals surface area contributed by atoms with Crippen LogP contribution in [-0.2, 0) is 17.8 Å². The number of carbonyl (C=O) groups excluding carboxylic acids is 2. The zero-order valence-corrected chi connectivity index (χ0v) is 15.6. The lowest BCUT2D eigenvalue weighted by Gasteiger charge is -2.05. The van der Waals surface area contributed by atoms with Gasteiger partial charge >= 0.3 is 0 Å². The van der Waals surface area contributed by atoms with Crippen LogP contribution in [0.1, 0.15) is 21.6 Å². The van der Waals surface area contributed by atoms with Crippen molar-refractivity contribution in [1.82, 2.24) is 10.3 Å². The number of aromatic nitrogens is 1. The second kappa shape index (κ2) is 8.95. The number of amides is 2. The van der Waals surface area contributed by atoms with Gasteiger partial charge in [0.15, 0.2) is 5.13 Å². The molecule has 138 valence electrons. The summed E-state index contributed by atoms with van der Waals surface area (Å²) in [7, 11) is 1.61. The normalized spacial score (nSPS) is 10.3. The number of ether oxygens (including phenoxy) is 1. The van der Waals surface area contributed by atoms with Gasteiger partial charge in [-0.2, -0.15) is 0 Å². The second-order valence-electron chi connectivity index (χ2n) is 5.78. The van der Waals surface area contributed by atoms with E-state index in [-0.39, 0.29) is 23.9 Å². The van der Waals surface area contributed by atoms with Gasteiger partial charge in [-0.3, -0.25) is 9.59 Å². The monoisotopic (exact) mass is 381 g/mol. The van der Waals surface area contributed by atoms with Gasteiger partial charge in [0.25, 0.3) is 5.91 Å². The summed E-state index contributed by atoms with van der Waals surface area (Å²) in [6.07, 6.45) is 0.263. The molecule has 0 bridgehead atoms. The highest BCUT2D eigenvalue weighted by molar-refractivity contribution is 7.14. The third-order valence-electron chi connectivity index (χ3n) is 3.80. The zero-order chi connectivity index (χ0) is 19.1. The molecule has 27 heavy (non-hydrogen) atoms. The maximum Gasteiger partial charge on any atom is 0.271 e. The first-order valence-corrected chi connectivity index (χ1v) is 9.22. The SMILES string of the molecule is COc1ccc(CNC(=O)c2csc(NC(=O)Cc3ccccc3)n2)cc1. The third kappa shape index (κ3) is 5.39. The largest absolute Gasteiger partial charge is 0.497 e. The van der Waals surface area contributed by atoms with Crippen LogP contribution in [0.25, 0.3) is 0 Å². The van der Waals surface area contributed by atoms with Gasteiger partial charge in [-0.25, -0.2) is 4.98 Å². The third-order valence-corrected chi connectivity index (χ3v) is 4.56. The highest BCUT2D eigenvalue weighted by Gasteiger charge is 2.12. The van der Waals surface area contributed by atoms with Crippen LogP contribution in [0.3, 0.4) is 0 Å². The molecule has 0 aliphatic carbocycles. The van der Waals surface area contributed by atoms with Gasteiger partial charge < -0.3 is 15.4 Å². The van der Waals surface area contributed by atoms with Crippen LogP contribution in [0.5, 0.6) is 5.75 Å².